The normalized spacial score (nSPS) is 20.2. The van der Waals surface area contributed by atoms with Gasteiger partial charge in [-0.3, -0.25) is 9.59 Å². The summed E-state index contributed by atoms with van der Waals surface area (Å²) in [5.74, 6) is -1.22. The van der Waals surface area contributed by atoms with Gasteiger partial charge in [-0.1, -0.05) is 12.1 Å². The summed E-state index contributed by atoms with van der Waals surface area (Å²) >= 11 is 0. The van der Waals surface area contributed by atoms with Crippen molar-refractivity contribution in [2.24, 2.45) is 5.92 Å². The van der Waals surface area contributed by atoms with E-state index in [0.29, 0.717) is 36.6 Å². The van der Waals surface area contributed by atoms with Crippen molar-refractivity contribution in [3.63, 3.8) is 0 Å². The molecule has 0 saturated carbocycles. The number of piperidine rings is 1. The lowest BCUT2D eigenvalue weighted by Crippen LogP contribution is -2.49. The van der Waals surface area contributed by atoms with Gasteiger partial charge in [0.05, 0.1) is 17.7 Å². The van der Waals surface area contributed by atoms with Crippen LogP contribution in [0.1, 0.15) is 32.1 Å². The van der Waals surface area contributed by atoms with Crippen LogP contribution in [0.5, 0.6) is 0 Å². The van der Waals surface area contributed by atoms with E-state index in [1.807, 2.05) is 0 Å². The summed E-state index contributed by atoms with van der Waals surface area (Å²) in [6.45, 7) is 2.34. The van der Waals surface area contributed by atoms with Crippen molar-refractivity contribution < 1.29 is 23.5 Å². The second-order valence-electron chi connectivity index (χ2n) is 6.51. The van der Waals surface area contributed by atoms with E-state index in [1.54, 1.807) is 30.0 Å². The Morgan fingerprint density at radius 2 is 2.15 bits per heavy atom. The number of benzene rings is 1. The molecule has 138 valence electrons. The van der Waals surface area contributed by atoms with Crippen molar-refractivity contribution in [3.05, 3.63) is 42.2 Å². The van der Waals surface area contributed by atoms with Crippen molar-refractivity contribution in [1.82, 2.24) is 9.88 Å². The third kappa shape index (κ3) is 3.76. The van der Waals surface area contributed by atoms with Gasteiger partial charge in [-0.15, -0.1) is 0 Å². The van der Waals surface area contributed by atoms with Crippen molar-refractivity contribution in [1.29, 1.82) is 0 Å². The summed E-state index contributed by atoms with van der Waals surface area (Å²) < 4.78 is 19.3. The lowest BCUT2D eigenvalue weighted by atomic mass is 9.90. The van der Waals surface area contributed by atoms with Crippen LogP contribution in [0.15, 0.2) is 34.9 Å². The number of carbonyl (C=O) groups is 2. The average Bonchev–Trinajstić information content (AvgIpc) is 3.08. The van der Waals surface area contributed by atoms with Crippen LogP contribution in [0.4, 0.5) is 4.39 Å². The van der Waals surface area contributed by atoms with Crippen molar-refractivity contribution in [2.45, 2.75) is 38.6 Å². The summed E-state index contributed by atoms with van der Waals surface area (Å²) in [5.41, 5.74) is 0.325. The second kappa shape index (κ2) is 7.68. The first-order chi connectivity index (χ1) is 12.5. The lowest BCUT2D eigenvalue weighted by molar-refractivity contribution is -0.149. The van der Waals surface area contributed by atoms with E-state index in [-0.39, 0.29) is 24.8 Å². The van der Waals surface area contributed by atoms with Gasteiger partial charge >= 0.3 is 5.97 Å². The molecule has 7 heteroatoms. The molecule has 1 N–H and O–H groups in total. The van der Waals surface area contributed by atoms with Crippen molar-refractivity contribution >= 4 is 11.9 Å². The third-order valence-corrected chi connectivity index (χ3v) is 4.87. The van der Waals surface area contributed by atoms with Crippen LogP contribution in [0.25, 0.3) is 11.3 Å². The fraction of sp³-hybridized carbons (Fsp3) is 0.421. The standard InChI is InChI=1S/C19H21FN2O4/c1-12-13(19(24)25)6-4-10-22(12)18(23)9-8-17-21-11-16(26-17)14-5-2-3-7-15(14)20/h2-3,5,7,11-13H,4,6,8-10H2,1H3,(H,24,25)/t12-,13-/m1/s1. The molecule has 1 saturated heterocycles. The number of aryl methyl sites for hydroxylation is 1. The summed E-state index contributed by atoms with van der Waals surface area (Å²) in [6.07, 6.45) is 3.18. The molecule has 0 spiro atoms. The smallest absolute Gasteiger partial charge is 0.308 e. The number of amides is 1. The maximum atomic E-state index is 13.8. The molecule has 0 unspecified atom stereocenters. The summed E-state index contributed by atoms with van der Waals surface area (Å²) in [6, 6.07) is 5.93. The molecule has 26 heavy (non-hydrogen) atoms. The number of hydrogen-bond donors (Lipinski definition) is 1. The van der Waals surface area contributed by atoms with E-state index >= 15 is 0 Å². The van der Waals surface area contributed by atoms with Crippen LogP contribution in [-0.2, 0) is 16.0 Å². The predicted molar refractivity (Wildman–Crippen MR) is 91.8 cm³/mol. The molecule has 1 amide bonds. The number of carboxylic acids is 1. The quantitative estimate of drug-likeness (QED) is 0.886. The summed E-state index contributed by atoms with van der Waals surface area (Å²) in [5, 5.41) is 9.26. The number of oxazole rings is 1. The molecule has 2 heterocycles. The van der Waals surface area contributed by atoms with Crippen LogP contribution >= 0.6 is 0 Å². The molecule has 1 aromatic heterocycles. The largest absolute Gasteiger partial charge is 0.481 e. The Kier molecular flexibility index (Phi) is 5.35. The number of halogens is 1. The molecule has 1 fully saturated rings. The molecule has 0 radical (unpaired) electrons. The van der Waals surface area contributed by atoms with E-state index in [2.05, 4.69) is 4.98 Å². The maximum absolute atomic E-state index is 13.8. The van der Waals surface area contributed by atoms with Crippen molar-refractivity contribution in [2.75, 3.05) is 6.54 Å². The van der Waals surface area contributed by atoms with E-state index in [1.165, 1.54) is 12.3 Å². The van der Waals surface area contributed by atoms with Crippen LogP contribution < -0.4 is 0 Å². The van der Waals surface area contributed by atoms with Crippen molar-refractivity contribution in [3.8, 4) is 11.3 Å². The minimum absolute atomic E-state index is 0.117. The average molecular weight is 360 g/mol. The minimum atomic E-state index is -0.864. The molecule has 2 atom stereocenters. The molecule has 1 aliphatic rings. The highest BCUT2D eigenvalue weighted by molar-refractivity contribution is 5.78. The number of aliphatic carboxylic acids is 1. The summed E-state index contributed by atoms with van der Waals surface area (Å²) in [4.78, 5) is 29.5. The first-order valence-corrected chi connectivity index (χ1v) is 8.69. The zero-order chi connectivity index (χ0) is 18.7. The van der Waals surface area contributed by atoms with E-state index < -0.39 is 17.7 Å². The first-order valence-electron chi connectivity index (χ1n) is 8.69. The summed E-state index contributed by atoms with van der Waals surface area (Å²) in [7, 11) is 0. The predicted octanol–water partition coefficient (Wildman–Crippen LogP) is 3.13. The third-order valence-electron chi connectivity index (χ3n) is 4.87. The Hall–Kier alpha value is -2.70. The van der Waals surface area contributed by atoms with Gasteiger partial charge < -0.3 is 14.4 Å². The Balaban J connectivity index is 1.62. The van der Waals surface area contributed by atoms with E-state index in [9.17, 15) is 19.1 Å². The van der Waals surface area contributed by atoms with Gasteiger partial charge in [0.25, 0.3) is 0 Å². The first kappa shape index (κ1) is 18.1. The van der Waals surface area contributed by atoms with Gasteiger partial charge in [0.2, 0.25) is 5.91 Å². The Morgan fingerprint density at radius 1 is 1.38 bits per heavy atom. The molecular formula is C19H21FN2O4. The topological polar surface area (TPSA) is 83.6 Å². The second-order valence-corrected chi connectivity index (χ2v) is 6.51. The van der Waals surface area contributed by atoms with Gasteiger partial charge in [-0.25, -0.2) is 9.37 Å². The molecule has 3 rings (SSSR count). The molecule has 1 aliphatic heterocycles. The van der Waals surface area contributed by atoms with Crippen LogP contribution in [0.2, 0.25) is 0 Å². The van der Waals surface area contributed by atoms with E-state index in [0.717, 1.165) is 0 Å². The number of nitrogens with zero attached hydrogens (tertiary/aromatic N) is 2. The molecule has 2 aromatic rings. The fourth-order valence-corrected chi connectivity index (χ4v) is 3.39. The molecular weight excluding hydrogens is 339 g/mol. The van der Waals surface area contributed by atoms with Gasteiger partial charge in [0, 0.05) is 25.4 Å². The fourth-order valence-electron chi connectivity index (χ4n) is 3.39. The Morgan fingerprint density at radius 3 is 2.88 bits per heavy atom. The number of carboxylic acid groups (broad SMARTS) is 1. The SMILES string of the molecule is C[C@@H]1[C@H](C(=O)O)CCCN1C(=O)CCc1ncc(-c2ccccc2F)o1. The van der Waals surface area contributed by atoms with Gasteiger partial charge in [-0.05, 0) is 31.9 Å². The number of likely N-dealkylation sites (tertiary alicyclic amines) is 1. The Labute approximate surface area is 150 Å². The lowest BCUT2D eigenvalue weighted by Gasteiger charge is -2.37. The molecule has 1 aromatic carbocycles. The maximum Gasteiger partial charge on any atom is 0.308 e. The van der Waals surface area contributed by atoms with Crippen LogP contribution in [0.3, 0.4) is 0 Å². The van der Waals surface area contributed by atoms with Gasteiger partial charge in [0.1, 0.15) is 5.82 Å². The van der Waals surface area contributed by atoms with E-state index in [4.69, 9.17) is 4.42 Å². The minimum Gasteiger partial charge on any atom is -0.481 e. The van der Waals surface area contributed by atoms with Gasteiger partial charge in [-0.2, -0.15) is 0 Å². The molecule has 0 bridgehead atoms. The molecule has 0 aliphatic carbocycles. The number of hydrogen-bond acceptors (Lipinski definition) is 4. The highest BCUT2D eigenvalue weighted by atomic mass is 19.1. The number of rotatable bonds is 5. The van der Waals surface area contributed by atoms with Crippen LogP contribution in [-0.4, -0.2) is 39.5 Å². The molecule has 6 nitrogen and oxygen atoms in total. The Bertz CT molecular complexity index is 804. The number of carbonyl (C=O) groups excluding carboxylic acids is 1. The highest BCUT2D eigenvalue weighted by Crippen LogP contribution is 2.26. The van der Waals surface area contributed by atoms with Crippen LogP contribution in [0, 0.1) is 11.7 Å². The number of aromatic nitrogens is 1. The van der Waals surface area contributed by atoms with Gasteiger partial charge in [0.15, 0.2) is 11.7 Å². The zero-order valence-corrected chi connectivity index (χ0v) is 14.5. The monoisotopic (exact) mass is 360 g/mol. The zero-order valence-electron chi connectivity index (χ0n) is 14.5. The highest BCUT2D eigenvalue weighted by Gasteiger charge is 2.35.